The highest BCUT2D eigenvalue weighted by Gasteiger charge is 2.23. The minimum absolute atomic E-state index is 0.0566. The van der Waals surface area contributed by atoms with Crippen LogP contribution in [0.3, 0.4) is 0 Å². The smallest absolute Gasteiger partial charge is 0.221 e. The number of benzene rings is 1. The Morgan fingerprint density at radius 3 is 2.61 bits per heavy atom. The van der Waals surface area contributed by atoms with Crippen LogP contribution in [0.5, 0.6) is 0 Å². The number of carbonyl (C=O) groups excluding carboxylic acids is 1. The summed E-state index contributed by atoms with van der Waals surface area (Å²) in [6.45, 7) is 9.35. The molecule has 0 bridgehead atoms. The fraction of sp³-hybridized carbons (Fsp3) is 0.478. The van der Waals surface area contributed by atoms with Crippen LogP contribution in [0.15, 0.2) is 46.8 Å². The highest BCUT2D eigenvalue weighted by atomic mass is 32.1. The molecule has 8 heteroatoms. The topological polar surface area (TPSA) is 78.0 Å². The summed E-state index contributed by atoms with van der Waals surface area (Å²) in [7, 11) is 0. The van der Waals surface area contributed by atoms with Crippen molar-refractivity contribution >= 4 is 28.9 Å². The number of morpholine rings is 1. The normalized spacial score (nSPS) is 16.0. The second-order valence-electron chi connectivity index (χ2n) is 7.45. The van der Waals surface area contributed by atoms with E-state index in [0.29, 0.717) is 6.54 Å². The molecule has 31 heavy (non-hydrogen) atoms. The number of carbonyl (C=O) groups is 1. The SMILES string of the molecule is CCNC(=NCC(c1cccs1)N1CCOCC1)NCCc1ccc(NC(C)=O)cc1. The van der Waals surface area contributed by atoms with Gasteiger partial charge in [0, 0.05) is 43.7 Å². The lowest BCUT2D eigenvalue weighted by atomic mass is 10.1. The zero-order valence-corrected chi connectivity index (χ0v) is 19.2. The van der Waals surface area contributed by atoms with Gasteiger partial charge < -0.3 is 20.7 Å². The predicted octanol–water partition coefficient (Wildman–Crippen LogP) is 2.88. The van der Waals surface area contributed by atoms with Gasteiger partial charge in [-0.3, -0.25) is 14.7 Å². The highest BCUT2D eigenvalue weighted by Crippen LogP contribution is 2.26. The van der Waals surface area contributed by atoms with Crippen LogP contribution < -0.4 is 16.0 Å². The molecule has 0 spiro atoms. The predicted molar refractivity (Wildman–Crippen MR) is 128 cm³/mol. The number of nitrogens with one attached hydrogen (secondary N) is 3. The summed E-state index contributed by atoms with van der Waals surface area (Å²) in [5.41, 5.74) is 2.03. The summed E-state index contributed by atoms with van der Waals surface area (Å²) in [6, 6.07) is 12.5. The number of guanidine groups is 1. The zero-order valence-electron chi connectivity index (χ0n) is 18.4. The second kappa shape index (κ2) is 12.4. The van der Waals surface area contributed by atoms with Gasteiger partial charge in [-0.2, -0.15) is 0 Å². The Labute approximate surface area is 188 Å². The number of amides is 1. The molecule has 3 rings (SSSR count). The maximum absolute atomic E-state index is 11.1. The Kier molecular flexibility index (Phi) is 9.33. The number of aliphatic imine (C=N–C) groups is 1. The maximum Gasteiger partial charge on any atom is 0.221 e. The highest BCUT2D eigenvalue weighted by molar-refractivity contribution is 7.10. The van der Waals surface area contributed by atoms with Crippen molar-refractivity contribution in [1.82, 2.24) is 15.5 Å². The lowest BCUT2D eigenvalue weighted by molar-refractivity contribution is -0.114. The van der Waals surface area contributed by atoms with Crippen molar-refractivity contribution in [2.75, 3.05) is 51.3 Å². The molecule has 1 fully saturated rings. The van der Waals surface area contributed by atoms with Crippen LogP contribution in [0.2, 0.25) is 0 Å². The molecule has 3 N–H and O–H groups in total. The third-order valence-corrected chi connectivity index (χ3v) is 6.08. The molecule has 1 amide bonds. The third-order valence-electron chi connectivity index (χ3n) is 5.11. The summed E-state index contributed by atoms with van der Waals surface area (Å²) in [4.78, 5) is 19.9. The number of hydrogen-bond donors (Lipinski definition) is 3. The van der Waals surface area contributed by atoms with Crippen molar-refractivity contribution < 1.29 is 9.53 Å². The van der Waals surface area contributed by atoms with Gasteiger partial charge in [0.25, 0.3) is 0 Å². The number of ether oxygens (including phenoxy) is 1. The van der Waals surface area contributed by atoms with Crippen molar-refractivity contribution in [2.24, 2.45) is 4.99 Å². The number of thiophene rings is 1. The first kappa shape index (κ1) is 23.2. The zero-order chi connectivity index (χ0) is 21.9. The van der Waals surface area contributed by atoms with Crippen LogP contribution in [0, 0.1) is 0 Å². The van der Waals surface area contributed by atoms with E-state index in [1.807, 2.05) is 24.3 Å². The van der Waals surface area contributed by atoms with Gasteiger partial charge in [-0.25, -0.2) is 0 Å². The number of hydrogen-bond acceptors (Lipinski definition) is 5. The molecular weight excluding hydrogens is 410 g/mol. The minimum Gasteiger partial charge on any atom is -0.379 e. The van der Waals surface area contributed by atoms with Crippen molar-refractivity contribution in [2.45, 2.75) is 26.3 Å². The van der Waals surface area contributed by atoms with Crippen LogP contribution in [0.25, 0.3) is 0 Å². The van der Waals surface area contributed by atoms with Gasteiger partial charge in [0.1, 0.15) is 0 Å². The van der Waals surface area contributed by atoms with Gasteiger partial charge in [0.05, 0.1) is 25.8 Å². The van der Waals surface area contributed by atoms with E-state index >= 15 is 0 Å². The molecule has 0 radical (unpaired) electrons. The Bertz CT molecular complexity index is 817. The average molecular weight is 444 g/mol. The largest absolute Gasteiger partial charge is 0.379 e. The monoisotopic (exact) mass is 443 g/mol. The first-order valence-electron chi connectivity index (χ1n) is 10.9. The summed E-state index contributed by atoms with van der Waals surface area (Å²) in [6.07, 6.45) is 0.878. The van der Waals surface area contributed by atoms with Crippen molar-refractivity contribution in [1.29, 1.82) is 0 Å². The molecule has 2 heterocycles. The molecule has 1 unspecified atom stereocenters. The molecule has 0 saturated carbocycles. The lowest BCUT2D eigenvalue weighted by Crippen LogP contribution is -2.42. The summed E-state index contributed by atoms with van der Waals surface area (Å²) in [5, 5.41) is 11.7. The van der Waals surface area contributed by atoms with Gasteiger partial charge in [-0.1, -0.05) is 18.2 Å². The lowest BCUT2D eigenvalue weighted by Gasteiger charge is -2.33. The number of anilines is 1. The van der Waals surface area contributed by atoms with E-state index in [4.69, 9.17) is 9.73 Å². The molecule has 1 saturated heterocycles. The summed E-state index contributed by atoms with van der Waals surface area (Å²) in [5.74, 6) is 0.783. The standard InChI is InChI=1S/C23H33N5O2S/c1-3-24-23(25-11-10-19-6-8-20(9-7-19)27-18(2)29)26-17-21(22-5-4-16-31-22)28-12-14-30-15-13-28/h4-9,16,21H,3,10-15,17H2,1-2H3,(H,27,29)(H2,24,25,26). The van der Waals surface area contributed by atoms with Gasteiger partial charge in [0.15, 0.2) is 5.96 Å². The fourth-order valence-electron chi connectivity index (χ4n) is 3.56. The van der Waals surface area contributed by atoms with Crippen molar-refractivity contribution in [3.05, 3.63) is 52.2 Å². The molecule has 1 aliphatic heterocycles. The molecule has 1 aromatic heterocycles. The summed E-state index contributed by atoms with van der Waals surface area (Å²) < 4.78 is 5.53. The molecule has 7 nitrogen and oxygen atoms in total. The van der Waals surface area contributed by atoms with Crippen LogP contribution >= 0.6 is 11.3 Å². The molecule has 1 atom stereocenters. The number of nitrogens with zero attached hydrogens (tertiary/aromatic N) is 2. The van der Waals surface area contributed by atoms with Crippen molar-refractivity contribution in [3.63, 3.8) is 0 Å². The van der Waals surface area contributed by atoms with Gasteiger partial charge in [-0.05, 0) is 42.5 Å². The molecule has 168 valence electrons. The first-order valence-corrected chi connectivity index (χ1v) is 11.8. The average Bonchev–Trinajstić information content (AvgIpc) is 3.30. The van der Waals surface area contributed by atoms with Crippen LogP contribution in [0.1, 0.15) is 30.3 Å². The Morgan fingerprint density at radius 2 is 1.97 bits per heavy atom. The van der Waals surface area contributed by atoms with Gasteiger partial charge in [0.2, 0.25) is 5.91 Å². The van der Waals surface area contributed by atoms with E-state index in [2.05, 4.69) is 45.3 Å². The summed E-state index contributed by atoms with van der Waals surface area (Å²) >= 11 is 1.79. The van der Waals surface area contributed by atoms with Crippen LogP contribution in [-0.2, 0) is 16.0 Å². The quantitative estimate of drug-likeness (QED) is 0.410. The van der Waals surface area contributed by atoms with E-state index in [-0.39, 0.29) is 11.9 Å². The molecule has 0 aliphatic carbocycles. The van der Waals surface area contributed by atoms with Crippen LogP contribution in [-0.4, -0.2) is 62.7 Å². The second-order valence-corrected chi connectivity index (χ2v) is 8.43. The molecular formula is C23H33N5O2S. The first-order chi connectivity index (χ1) is 15.2. The van der Waals surface area contributed by atoms with E-state index in [1.165, 1.54) is 17.4 Å². The van der Waals surface area contributed by atoms with E-state index in [1.54, 1.807) is 11.3 Å². The molecule has 1 aliphatic rings. The Hall–Kier alpha value is -2.42. The van der Waals surface area contributed by atoms with E-state index < -0.39 is 0 Å². The van der Waals surface area contributed by atoms with E-state index in [9.17, 15) is 4.79 Å². The fourth-order valence-corrected chi connectivity index (χ4v) is 4.41. The third kappa shape index (κ3) is 7.65. The van der Waals surface area contributed by atoms with Gasteiger partial charge in [-0.15, -0.1) is 11.3 Å². The van der Waals surface area contributed by atoms with Crippen molar-refractivity contribution in [3.8, 4) is 0 Å². The molecule has 1 aromatic carbocycles. The Balaban J connectivity index is 1.56. The Morgan fingerprint density at radius 1 is 1.19 bits per heavy atom. The van der Waals surface area contributed by atoms with E-state index in [0.717, 1.165) is 57.5 Å². The van der Waals surface area contributed by atoms with Crippen LogP contribution in [0.4, 0.5) is 5.69 Å². The minimum atomic E-state index is -0.0566. The van der Waals surface area contributed by atoms with Gasteiger partial charge >= 0.3 is 0 Å². The number of rotatable bonds is 9. The maximum atomic E-state index is 11.1. The molecule has 2 aromatic rings.